The lowest BCUT2D eigenvalue weighted by Crippen LogP contribution is -2.43. The maximum absolute atomic E-state index is 5.24. The lowest BCUT2D eigenvalue weighted by atomic mass is 9.95. The van der Waals surface area contributed by atoms with Crippen LogP contribution >= 0.6 is 12.6 Å². The van der Waals surface area contributed by atoms with E-state index in [2.05, 4.69) is 48.8 Å². The van der Waals surface area contributed by atoms with E-state index < -0.39 is 0 Å². The van der Waals surface area contributed by atoms with E-state index in [-0.39, 0.29) is 18.0 Å². The molecule has 3 atom stereocenters. The van der Waals surface area contributed by atoms with Gasteiger partial charge in [-0.05, 0) is 18.8 Å². The highest BCUT2D eigenvalue weighted by atomic mass is 32.1. The molecule has 5 N–H and O–H groups in total. The standard InChI is InChI=1S/C13H29N3O2S/c1-3-11(2)13(16-10-18-15)12(19)7-5-4-6-8-17-9-14/h5,7,11-13,16,19H,3-4,6,8-10,14-15H2,1-2H3/b7-5+. The fraction of sp³-hybridized carbons (Fsp3) is 0.846. The van der Waals surface area contributed by atoms with Gasteiger partial charge in [0.15, 0.2) is 0 Å². The van der Waals surface area contributed by atoms with Crippen molar-refractivity contribution in [3.63, 3.8) is 0 Å². The monoisotopic (exact) mass is 291 g/mol. The van der Waals surface area contributed by atoms with Crippen LogP contribution in [0.3, 0.4) is 0 Å². The molecule has 114 valence electrons. The van der Waals surface area contributed by atoms with Crippen molar-refractivity contribution < 1.29 is 9.57 Å². The van der Waals surface area contributed by atoms with E-state index in [1.54, 1.807) is 0 Å². The van der Waals surface area contributed by atoms with Gasteiger partial charge in [0.05, 0.1) is 6.73 Å². The molecular formula is C13H29N3O2S. The van der Waals surface area contributed by atoms with Gasteiger partial charge in [-0.25, -0.2) is 5.90 Å². The number of unbranched alkanes of at least 4 members (excludes halogenated alkanes) is 1. The second-order valence-corrected chi connectivity index (χ2v) is 5.16. The Hall–Kier alpha value is -0.110. The van der Waals surface area contributed by atoms with Gasteiger partial charge >= 0.3 is 0 Å². The molecule has 19 heavy (non-hydrogen) atoms. The van der Waals surface area contributed by atoms with E-state index in [1.807, 2.05) is 0 Å². The third kappa shape index (κ3) is 9.43. The summed E-state index contributed by atoms with van der Waals surface area (Å²) in [6.45, 7) is 5.69. The van der Waals surface area contributed by atoms with Crippen LogP contribution in [0.1, 0.15) is 33.1 Å². The number of ether oxygens (including phenoxy) is 1. The van der Waals surface area contributed by atoms with Crippen molar-refractivity contribution in [1.82, 2.24) is 5.32 Å². The third-order valence-corrected chi connectivity index (χ3v) is 3.63. The first-order chi connectivity index (χ1) is 9.17. The topological polar surface area (TPSA) is 82.5 Å². The second kappa shape index (κ2) is 12.9. The van der Waals surface area contributed by atoms with Gasteiger partial charge in [-0.1, -0.05) is 32.4 Å². The summed E-state index contributed by atoms with van der Waals surface area (Å²) in [5, 5.41) is 3.40. The van der Waals surface area contributed by atoms with Crippen LogP contribution in [-0.4, -0.2) is 31.4 Å². The summed E-state index contributed by atoms with van der Waals surface area (Å²) in [5.74, 6) is 5.56. The summed E-state index contributed by atoms with van der Waals surface area (Å²) in [6, 6.07) is 0.244. The minimum absolute atomic E-state index is 0.139. The molecular weight excluding hydrogens is 262 g/mol. The van der Waals surface area contributed by atoms with E-state index in [9.17, 15) is 0 Å². The number of nitrogens with two attached hydrogens (primary N) is 2. The van der Waals surface area contributed by atoms with Crippen LogP contribution in [-0.2, 0) is 9.57 Å². The van der Waals surface area contributed by atoms with Crippen LogP contribution < -0.4 is 16.9 Å². The Morgan fingerprint density at radius 2 is 2.16 bits per heavy atom. The SMILES string of the molecule is CCC(C)C(NCON)C(S)/C=C/CCCOCN. The number of hydrogen-bond acceptors (Lipinski definition) is 6. The summed E-state index contributed by atoms with van der Waals surface area (Å²) in [7, 11) is 0. The quantitative estimate of drug-likeness (QED) is 0.144. The minimum Gasteiger partial charge on any atom is -0.367 e. The zero-order valence-electron chi connectivity index (χ0n) is 12.0. The maximum Gasteiger partial charge on any atom is 0.118 e. The molecule has 0 fully saturated rings. The molecule has 0 aliphatic carbocycles. The molecule has 0 heterocycles. The van der Waals surface area contributed by atoms with Gasteiger partial charge in [0.1, 0.15) is 6.73 Å². The largest absolute Gasteiger partial charge is 0.367 e. The maximum atomic E-state index is 5.24. The molecule has 0 amide bonds. The van der Waals surface area contributed by atoms with E-state index in [4.69, 9.17) is 16.4 Å². The van der Waals surface area contributed by atoms with Crippen LogP contribution in [0.5, 0.6) is 0 Å². The first-order valence-electron chi connectivity index (χ1n) is 6.84. The molecule has 0 radical (unpaired) electrons. The molecule has 0 spiro atoms. The number of allylic oxidation sites excluding steroid dienone is 1. The Bertz CT molecular complexity index is 230. The molecule has 0 rings (SSSR count). The molecule has 6 heteroatoms. The first-order valence-corrected chi connectivity index (χ1v) is 7.36. The number of rotatable bonds is 12. The van der Waals surface area contributed by atoms with Gasteiger partial charge in [0, 0.05) is 17.9 Å². The summed E-state index contributed by atoms with van der Waals surface area (Å²) >= 11 is 4.64. The van der Waals surface area contributed by atoms with E-state index in [0.717, 1.165) is 19.3 Å². The van der Waals surface area contributed by atoms with Crippen molar-refractivity contribution in [1.29, 1.82) is 0 Å². The van der Waals surface area contributed by atoms with Crippen molar-refractivity contribution in [3.8, 4) is 0 Å². The van der Waals surface area contributed by atoms with E-state index in [1.165, 1.54) is 0 Å². The van der Waals surface area contributed by atoms with Crippen LogP contribution in [0.25, 0.3) is 0 Å². The number of hydrogen-bond donors (Lipinski definition) is 4. The normalized spacial score (nSPS) is 16.7. The summed E-state index contributed by atoms with van der Waals surface area (Å²) in [6.07, 6.45) is 7.28. The molecule has 0 aliphatic heterocycles. The van der Waals surface area contributed by atoms with Crippen molar-refractivity contribution in [3.05, 3.63) is 12.2 Å². The molecule has 0 aromatic heterocycles. The third-order valence-electron chi connectivity index (χ3n) is 3.14. The van der Waals surface area contributed by atoms with Crippen molar-refractivity contribution in [2.45, 2.75) is 44.4 Å². The Morgan fingerprint density at radius 3 is 2.74 bits per heavy atom. The summed E-state index contributed by atoms with van der Waals surface area (Å²) in [4.78, 5) is 4.59. The van der Waals surface area contributed by atoms with Crippen LogP contribution in [0.4, 0.5) is 0 Å². The molecule has 0 saturated carbocycles. The lowest BCUT2D eigenvalue weighted by Gasteiger charge is -2.27. The van der Waals surface area contributed by atoms with Crippen LogP contribution in [0, 0.1) is 5.92 Å². The van der Waals surface area contributed by atoms with Crippen LogP contribution in [0.2, 0.25) is 0 Å². The number of thiol groups is 1. The van der Waals surface area contributed by atoms with Gasteiger partial charge in [-0.15, -0.1) is 0 Å². The highest BCUT2D eigenvalue weighted by molar-refractivity contribution is 7.81. The average molecular weight is 291 g/mol. The fourth-order valence-electron chi connectivity index (χ4n) is 1.80. The highest BCUT2D eigenvalue weighted by Crippen LogP contribution is 2.16. The smallest absolute Gasteiger partial charge is 0.118 e. The van der Waals surface area contributed by atoms with Crippen molar-refractivity contribution in [2.24, 2.45) is 17.5 Å². The van der Waals surface area contributed by atoms with Gasteiger partial charge in [-0.2, -0.15) is 12.6 Å². The zero-order valence-corrected chi connectivity index (χ0v) is 12.9. The average Bonchev–Trinajstić information content (AvgIpc) is 2.42. The molecule has 0 aliphatic rings. The minimum atomic E-state index is 0.139. The van der Waals surface area contributed by atoms with Crippen LogP contribution in [0.15, 0.2) is 12.2 Å². The van der Waals surface area contributed by atoms with Gasteiger partial charge < -0.3 is 10.5 Å². The van der Waals surface area contributed by atoms with Crippen molar-refractivity contribution >= 4 is 12.6 Å². The Kier molecular flexibility index (Phi) is 12.8. The van der Waals surface area contributed by atoms with Gasteiger partial charge in [0.25, 0.3) is 0 Å². The van der Waals surface area contributed by atoms with E-state index in [0.29, 0.717) is 19.3 Å². The highest BCUT2D eigenvalue weighted by Gasteiger charge is 2.20. The fourth-order valence-corrected chi connectivity index (χ4v) is 2.32. The van der Waals surface area contributed by atoms with Crippen molar-refractivity contribution in [2.75, 3.05) is 20.1 Å². The zero-order chi connectivity index (χ0) is 14.5. The molecule has 5 nitrogen and oxygen atoms in total. The summed E-state index contributed by atoms with van der Waals surface area (Å²) in [5.41, 5.74) is 5.24. The molecule has 0 bridgehead atoms. The lowest BCUT2D eigenvalue weighted by molar-refractivity contribution is 0.104. The molecule has 0 aromatic rings. The summed E-state index contributed by atoms with van der Waals surface area (Å²) < 4.78 is 5.08. The van der Waals surface area contributed by atoms with E-state index >= 15 is 0 Å². The molecule has 0 aromatic carbocycles. The Labute approximate surface area is 122 Å². The predicted molar refractivity (Wildman–Crippen MR) is 82.7 cm³/mol. The predicted octanol–water partition coefficient (Wildman–Crippen LogP) is 1.41. The number of nitrogens with one attached hydrogen (secondary N) is 1. The Balaban J connectivity index is 4.07. The Morgan fingerprint density at radius 1 is 1.42 bits per heavy atom. The van der Waals surface area contributed by atoms with Gasteiger partial charge in [0.2, 0.25) is 0 Å². The van der Waals surface area contributed by atoms with Gasteiger partial charge in [-0.3, -0.25) is 10.2 Å². The first kappa shape index (κ1) is 18.9. The molecule has 0 saturated heterocycles. The molecule has 3 unspecified atom stereocenters. The second-order valence-electron chi connectivity index (χ2n) is 4.56.